The summed E-state index contributed by atoms with van der Waals surface area (Å²) < 4.78 is 0. The van der Waals surface area contributed by atoms with Crippen LogP contribution in [0.4, 0.5) is 0 Å². The van der Waals surface area contributed by atoms with Crippen molar-refractivity contribution in [3.8, 4) is 23.7 Å². The largest absolute Gasteiger partial charge is 0.104 e. The van der Waals surface area contributed by atoms with Gasteiger partial charge in [-0.2, -0.15) is 0 Å². The zero-order chi connectivity index (χ0) is 18.9. The Labute approximate surface area is 165 Å². The second-order valence-electron chi connectivity index (χ2n) is 7.70. The Morgan fingerprint density at radius 3 is 1.96 bits per heavy atom. The molecule has 0 spiro atoms. The second-order valence-corrected chi connectivity index (χ2v) is 7.70. The van der Waals surface area contributed by atoms with E-state index in [0.717, 1.165) is 35.8 Å². The highest BCUT2D eigenvalue weighted by molar-refractivity contribution is 5.44. The van der Waals surface area contributed by atoms with Gasteiger partial charge in [-0.1, -0.05) is 48.6 Å². The Morgan fingerprint density at radius 1 is 0.778 bits per heavy atom. The first-order valence-corrected chi connectivity index (χ1v) is 10.4. The molecule has 2 aromatic carbocycles. The van der Waals surface area contributed by atoms with E-state index >= 15 is 0 Å². The van der Waals surface area contributed by atoms with Crippen LogP contribution in [0.1, 0.15) is 80.0 Å². The number of rotatable bonds is 3. The number of aryl methyl sites for hydroxylation is 1. The first-order valence-electron chi connectivity index (χ1n) is 10.4. The molecule has 1 fully saturated rings. The van der Waals surface area contributed by atoms with Crippen LogP contribution in [0, 0.1) is 36.5 Å². The summed E-state index contributed by atoms with van der Waals surface area (Å²) in [4.78, 5) is 0. The number of hydrogen-bond acceptors (Lipinski definition) is 0. The number of hydrogen-bond donors (Lipinski definition) is 0. The minimum absolute atomic E-state index is 0.724. The molecular formula is C27H30. The molecule has 0 saturated heterocycles. The van der Waals surface area contributed by atoms with Crippen molar-refractivity contribution in [2.45, 2.75) is 64.7 Å². The molecule has 0 aliphatic heterocycles. The zero-order valence-electron chi connectivity index (χ0n) is 16.7. The van der Waals surface area contributed by atoms with E-state index in [-0.39, 0.29) is 0 Å². The quantitative estimate of drug-likeness (QED) is 0.528. The van der Waals surface area contributed by atoms with E-state index < -0.39 is 0 Å². The fourth-order valence-corrected chi connectivity index (χ4v) is 3.89. The van der Waals surface area contributed by atoms with Crippen molar-refractivity contribution in [1.29, 1.82) is 0 Å². The SMILES string of the molecule is CCC#CCCC1CCC(c2ccc(C#Cc3ccc(C)cc3)cc2)CC1. The predicted molar refractivity (Wildman–Crippen MR) is 116 cm³/mol. The minimum Gasteiger partial charge on any atom is -0.104 e. The second kappa shape index (κ2) is 10.0. The lowest BCUT2D eigenvalue weighted by Gasteiger charge is -2.28. The molecule has 0 nitrogen and oxygen atoms in total. The van der Waals surface area contributed by atoms with Gasteiger partial charge in [0.25, 0.3) is 0 Å². The lowest BCUT2D eigenvalue weighted by atomic mass is 9.77. The summed E-state index contributed by atoms with van der Waals surface area (Å²) in [5, 5.41) is 0. The van der Waals surface area contributed by atoms with Gasteiger partial charge in [-0.25, -0.2) is 0 Å². The Morgan fingerprint density at radius 2 is 1.37 bits per heavy atom. The maximum absolute atomic E-state index is 3.30. The summed E-state index contributed by atoms with van der Waals surface area (Å²) in [6, 6.07) is 17.3. The molecule has 0 atom stereocenters. The molecule has 0 bridgehead atoms. The van der Waals surface area contributed by atoms with Crippen LogP contribution in [0.3, 0.4) is 0 Å². The average molecular weight is 355 g/mol. The topological polar surface area (TPSA) is 0 Å². The molecule has 0 amide bonds. The van der Waals surface area contributed by atoms with E-state index in [4.69, 9.17) is 0 Å². The summed E-state index contributed by atoms with van der Waals surface area (Å²) >= 11 is 0. The summed E-state index contributed by atoms with van der Waals surface area (Å²) in [7, 11) is 0. The van der Waals surface area contributed by atoms with Crippen LogP contribution in [0.5, 0.6) is 0 Å². The molecule has 2 aromatic rings. The highest BCUT2D eigenvalue weighted by Gasteiger charge is 2.21. The molecule has 27 heavy (non-hydrogen) atoms. The summed E-state index contributed by atoms with van der Waals surface area (Å²) in [6.07, 6.45) is 8.70. The standard InChI is InChI=1S/C27H30/c1-3-4-5-6-7-23-14-18-26(19-15-23)27-20-16-25(17-21-27)13-12-24-10-8-22(2)9-11-24/h8-11,16-17,20-21,23,26H,3,6-7,14-15,18-19H2,1-2H3. The average Bonchev–Trinajstić information content (AvgIpc) is 2.72. The molecule has 0 radical (unpaired) electrons. The molecule has 1 aliphatic rings. The Kier molecular flexibility index (Phi) is 7.19. The Balaban J connectivity index is 1.52. The van der Waals surface area contributed by atoms with Gasteiger partial charge < -0.3 is 0 Å². The summed E-state index contributed by atoms with van der Waals surface area (Å²) in [5.41, 5.74) is 4.93. The molecule has 1 saturated carbocycles. The van der Waals surface area contributed by atoms with Crippen molar-refractivity contribution in [3.63, 3.8) is 0 Å². The fourth-order valence-electron chi connectivity index (χ4n) is 3.89. The van der Waals surface area contributed by atoms with Crippen LogP contribution in [0.15, 0.2) is 48.5 Å². The molecule has 0 aromatic heterocycles. The highest BCUT2D eigenvalue weighted by atomic mass is 14.3. The van der Waals surface area contributed by atoms with Crippen molar-refractivity contribution in [2.75, 3.05) is 0 Å². The molecule has 3 rings (SSSR count). The maximum atomic E-state index is 3.30. The van der Waals surface area contributed by atoms with Gasteiger partial charge >= 0.3 is 0 Å². The van der Waals surface area contributed by atoms with Gasteiger partial charge in [0.15, 0.2) is 0 Å². The summed E-state index contributed by atoms with van der Waals surface area (Å²) in [6.45, 7) is 4.22. The lowest BCUT2D eigenvalue weighted by Crippen LogP contribution is -2.13. The van der Waals surface area contributed by atoms with Gasteiger partial charge in [0.2, 0.25) is 0 Å². The van der Waals surface area contributed by atoms with Crippen LogP contribution in [-0.2, 0) is 0 Å². The first-order chi connectivity index (χ1) is 13.2. The zero-order valence-corrected chi connectivity index (χ0v) is 16.7. The normalized spacial score (nSPS) is 18.7. The van der Waals surface area contributed by atoms with Gasteiger partial charge in [-0.05, 0) is 80.7 Å². The summed E-state index contributed by atoms with van der Waals surface area (Å²) in [5.74, 6) is 14.6. The molecule has 0 unspecified atom stereocenters. The van der Waals surface area contributed by atoms with Gasteiger partial charge in [0.05, 0.1) is 0 Å². The predicted octanol–water partition coefficient (Wildman–Crippen LogP) is 6.86. The highest BCUT2D eigenvalue weighted by Crippen LogP contribution is 2.37. The third-order valence-corrected chi connectivity index (χ3v) is 5.61. The molecular weight excluding hydrogens is 324 g/mol. The Bertz CT molecular complexity index is 823. The Hall–Kier alpha value is -2.44. The van der Waals surface area contributed by atoms with Crippen LogP contribution in [-0.4, -0.2) is 0 Å². The monoisotopic (exact) mass is 354 g/mol. The van der Waals surface area contributed by atoms with E-state index in [9.17, 15) is 0 Å². The van der Waals surface area contributed by atoms with Gasteiger partial charge in [0.1, 0.15) is 0 Å². The molecule has 0 heterocycles. The third-order valence-electron chi connectivity index (χ3n) is 5.61. The van der Waals surface area contributed by atoms with Gasteiger partial charge in [-0.3, -0.25) is 0 Å². The van der Waals surface area contributed by atoms with Crippen LogP contribution >= 0.6 is 0 Å². The molecule has 138 valence electrons. The smallest absolute Gasteiger partial charge is 0.0249 e. The van der Waals surface area contributed by atoms with E-state index in [1.54, 1.807) is 0 Å². The van der Waals surface area contributed by atoms with Crippen LogP contribution in [0.2, 0.25) is 0 Å². The lowest BCUT2D eigenvalue weighted by molar-refractivity contribution is 0.313. The minimum atomic E-state index is 0.724. The van der Waals surface area contributed by atoms with E-state index in [0.29, 0.717) is 0 Å². The van der Waals surface area contributed by atoms with E-state index in [1.807, 2.05) is 0 Å². The van der Waals surface area contributed by atoms with E-state index in [2.05, 4.69) is 86.1 Å². The van der Waals surface area contributed by atoms with Crippen LogP contribution < -0.4 is 0 Å². The van der Waals surface area contributed by atoms with E-state index in [1.165, 1.54) is 43.2 Å². The molecule has 1 aliphatic carbocycles. The number of benzene rings is 2. The van der Waals surface area contributed by atoms with Crippen molar-refractivity contribution in [1.82, 2.24) is 0 Å². The van der Waals surface area contributed by atoms with Crippen LogP contribution in [0.25, 0.3) is 0 Å². The molecule has 0 heteroatoms. The van der Waals surface area contributed by atoms with Crippen molar-refractivity contribution < 1.29 is 0 Å². The van der Waals surface area contributed by atoms with Crippen molar-refractivity contribution in [2.24, 2.45) is 5.92 Å². The fraction of sp³-hybridized carbons (Fsp3) is 0.407. The van der Waals surface area contributed by atoms with Crippen molar-refractivity contribution in [3.05, 3.63) is 70.8 Å². The van der Waals surface area contributed by atoms with Gasteiger partial charge in [0, 0.05) is 24.0 Å². The third kappa shape index (κ3) is 6.05. The first kappa shape index (κ1) is 19.3. The van der Waals surface area contributed by atoms with Crippen molar-refractivity contribution >= 4 is 0 Å². The maximum Gasteiger partial charge on any atom is 0.0249 e. The van der Waals surface area contributed by atoms with Gasteiger partial charge in [-0.15, -0.1) is 11.8 Å². The molecule has 0 N–H and O–H groups in total.